The van der Waals surface area contributed by atoms with E-state index in [1.165, 1.54) is 0 Å². The van der Waals surface area contributed by atoms with Crippen molar-refractivity contribution in [2.45, 2.75) is 6.92 Å². The van der Waals surface area contributed by atoms with E-state index in [9.17, 15) is 4.79 Å². The van der Waals surface area contributed by atoms with Crippen molar-refractivity contribution < 1.29 is 14.3 Å². The first-order valence-corrected chi connectivity index (χ1v) is 8.25. The number of ether oxygens (including phenoxy) is 2. The molecule has 0 unspecified atom stereocenters. The van der Waals surface area contributed by atoms with E-state index in [2.05, 4.69) is 27.6 Å². The molecule has 5 heteroatoms. The predicted octanol–water partition coefficient (Wildman–Crippen LogP) is 4.03. The quantitative estimate of drug-likeness (QED) is 0.427. The number of esters is 1. The number of rotatable bonds is 4. The third-order valence-corrected chi connectivity index (χ3v) is 3.86. The van der Waals surface area contributed by atoms with Gasteiger partial charge in [0, 0.05) is 9.13 Å². The van der Waals surface area contributed by atoms with E-state index in [4.69, 9.17) is 9.47 Å². The highest BCUT2D eigenvalue weighted by Crippen LogP contribution is 2.21. The van der Waals surface area contributed by atoms with Crippen LogP contribution in [0, 0.1) is 3.57 Å². The Morgan fingerprint density at radius 1 is 1.22 bits per heavy atom. The number of hydrogen-bond donors (Lipinski definition) is 0. The van der Waals surface area contributed by atoms with Crippen molar-refractivity contribution in [1.82, 2.24) is 0 Å². The molecule has 0 spiro atoms. The van der Waals surface area contributed by atoms with Gasteiger partial charge in [0.1, 0.15) is 5.75 Å². The largest absolute Gasteiger partial charge is 0.494 e. The van der Waals surface area contributed by atoms with E-state index < -0.39 is 5.97 Å². The van der Waals surface area contributed by atoms with E-state index in [0.717, 1.165) is 20.4 Å². The van der Waals surface area contributed by atoms with Crippen LogP contribution in [0.15, 0.2) is 59.2 Å². The Morgan fingerprint density at radius 3 is 2.70 bits per heavy atom. The molecule has 2 aromatic carbocycles. The number of carbonyl (C=O) groups excluding carboxylic acids is 1. The molecule has 1 aliphatic rings. The Bertz CT molecular complexity index is 794. The molecule has 2 aromatic rings. The van der Waals surface area contributed by atoms with Gasteiger partial charge in [-0.15, -0.1) is 0 Å². The van der Waals surface area contributed by atoms with Gasteiger partial charge in [-0.25, -0.2) is 9.79 Å². The Kier molecular flexibility index (Phi) is 4.76. The van der Waals surface area contributed by atoms with E-state index in [0.29, 0.717) is 18.2 Å². The summed E-state index contributed by atoms with van der Waals surface area (Å²) in [6.45, 7) is 2.56. The fraction of sp³-hybridized carbons (Fsp3) is 0.111. The van der Waals surface area contributed by atoms with Gasteiger partial charge in [0.05, 0.1) is 6.61 Å². The molecule has 1 aliphatic heterocycles. The Hall–Kier alpha value is -2.15. The standard InChI is InChI=1S/C18H14INO3/c1-2-22-15-8-6-12(7-9-15)10-16-18(21)23-17(20-16)13-4-3-5-14(19)11-13/h3-11H,2H2,1H3/b16-10-. The molecule has 0 saturated heterocycles. The molecule has 0 aromatic heterocycles. The summed E-state index contributed by atoms with van der Waals surface area (Å²) in [6, 6.07) is 15.1. The summed E-state index contributed by atoms with van der Waals surface area (Å²) >= 11 is 2.21. The van der Waals surface area contributed by atoms with E-state index in [-0.39, 0.29) is 0 Å². The molecule has 0 saturated carbocycles. The zero-order valence-electron chi connectivity index (χ0n) is 12.5. The highest BCUT2D eigenvalue weighted by atomic mass is 127. The van der Waals surface area contributed by atoms with Crippen LogP contribution in [0.2, 0.25) is 0 Å². The van der Waals surface area contributed by atoms with Gasteiger partial charge >= 0.3 is 5.97 Å². The molecular weight excluding hydrogens is 405 g/mol. The van der Waals surface area contributed by atoms with Crippen molar-refractivity contribution in [3.05, 3.63) is 68.9 Å². The SMILES string of the molecule is CCOc1ccc(/C=C2\N=C(c3cccc(I)c3)OC2=O)cc1. The minimum atomic E-state index is -0.437. The molecule has 23 heavy (non-hydrogen) atoms. The molecule has 0 aliphatic carbocycles. The maximum Gasteiger partial charge on any atom is 0.363 e. The van der Waals surface area contributed by atoms with Crippen molar-refractivity contribution in [3.8, 4) is 5.75 Å². The molecular formula is C18H14INO3. The normalized spacial score (nSPS) is 15.5. The molecule has 0 fully saturated rings. The zero-order chi connectivity index (χ0) is 16.2. The molecule has 0 atom stereocenters. The van der Waals surface area contributed by atoms with Gasteiger partial charge in [0.2, 0.25) is 5.90 Å². The summed E-state index contributed by atoms with van der Waals surface area (Å²) in [5.41, 5.74) is 1.96. The van der Waals surface area contributed by atoms with Crippen LogP contribution in [0.4, 0.5) is 0 Å². The summed E-state index contributed by atoms with van der Waals surface area (Å²) in [7, 11) is 0. The van der Waals surface area contributed by atoms with Crippen molar-refractivity contribution in [2.75, 3.05) is 6.61 Å². The minimum Gasteiger partial charge on any atom is -0.494 e. The molecule has 1 heterocycles. The smallest absolute Gasteiger partial charge is 0.363 e. The van der Waals surface area contributed by atoms with Crippen molar-refractivity contribution in [2.24, 2.45) is 4.99 Å². The molecule has 4 nitrogen and oxygen atoms in total. The molecule has 0 radical (unpaired) electrons. The molecule has 3 rings (SSSR count). The summed E-state index contributed by atoms with van der Waals surface area (Å²) in [4.78, 5) is 16.3. The second-order valence-corrected chi connectivity index (χ2v) is 6.09. The zero-order valence-corrected chi connectivity index (χ0v) is 14.6. The monoisotopic (exact) mass is 419 g/mol. The second kappa shape index (κ2) is 6.95. The average Bonchev–Trinajstić information content (AvgIpc) is 2.91. The van der Waals surface area contributed by atoms with Gasteiger partial charge < -0.3 is 9.47 Å². The summed E-state index contributed by atoms with van der Waals surface area (Å²) < 4.78 is 11.7. The number of halogens is 1. The van der Waals surface area contributed by atoms with Gasteiger partial charge in [0.25, 0.3) is 0 Å². The van der Waals surface area contributed by atoms with E-state index >= 15 is 0 Å². The topological polar surface area (TPSA) is 47.9 Å². The third kappa shape index (κ3) is 3.79. The average molecular weight is 419 g/mol. The van der Waals surface area contributed by atoms with Crippen molar-refractivity contribution in [3.63, 3.8) is 0 Å². The summed E-state index contributed by atoms with van der Waals surface area (Å²) in [6.07, 6.45) is 1.71. The first-order valence-electron chi connectivity index (χ1n) is 7.17. The van der Waals surface area contributed by atoms with Crippen molar-refractivity contribution >= 4 is 40.5 Å². The summed E-state index contributed by atoms with van der Waals surface area (Å²) in [5, 5.41) is 0. The van der Waals surface area contributed by atoms with Crippen LogP contribution in [0.3, 0.4) is 0 Å². The fourth-order valence-electron chi connectivity index (χ4n) is 2.14. The van der Waals surface area contributed by atoms with Crippen LogP contribution in [-0.2, 0) is 9.53 Å². The Balaban J connectivity index is 1.85. The fourth-order valence-corrected chi connectivity index (χ4v) is 2.68. The van der Waals surface area contributed by atoms with Gasteiger partial charge in [0.15, 0.2) is 5.70 Å². The van der Waals surface area contributed by atoms with Crippen LogP contribution in [-0.4, -0.2) is 18.5 Å². The maximum atomic E-state index is 12.0. The first kappa shape index (κ1) is 15.7. The van der Waals surface area contributed by atoms with Crippen LogP contribution in [0.1, 0.15) is 18.1 Å². The van der Waals surface area contributed by atoms with Gasteiger partial charge in [-0.2, -0.15) is 0 Å². The van der Waals surface area contributed by atoms with Crippen LogP contribution in [0.5, 0.6) is 5.75 Å². The van der Waals surface area contributed by atoms with Crippen LogP contribution < -0.4 is 4.74 Å². The minimum absolute atomic E-state index is 0.294. The number of hydrogen-bond acceptors (Lipinski definition) is 4. The third-order valence-electron chi connectivity index (χ3n) is 3.19. The van der Waals surface area contributed by atoms with Gasteiger partial charge in [-0.1, -0.05) is 18.2 Å². The number of cyclic esters (lactones) is 1. The Labute approximate surface area is 148 Å². The molecule has 0 N–H and O–H groups in total. The lowest BCUT2D eigenvalue weighted by Crippen LogP contribution is -2.05. The second-order valence-electron chi connectivity index (χ2n) is 4.85. The summed E-state index contributed by atoms with van der Waals surface area (Å²) in [5.74, 6) is 0.699. The number of aliphatic imine (C=N–C) groups is 1. The number of nitrogens with zero attached hydrogens (tertiary/aromatic N) is 1. The highest BCUT2D eigenvalue weighted by molar-refractivity contribution is 14.1. The van der Waals surface area contributed by atoms with Crippen molar-refractivity contribution in [1.29, 1.82) is 0 Å². The lowest BCUT2D eigenvalue weighted by atomic mass is 10.2. The molecule has 0 amide bonds. The van der Waals surface area contributed by atoms with Gasteiger partial charge in [-0.05, 0) is 71.5 Å². The van der Waals surface area contributed by atoms with Gasteiger partial charge in [-0.3, -0.25) is 0 Å². The van der Waals surface area contributed by atoms with E-state index in [1.54, 1.807) is 6.08 Å². The number of benzene rings is 2. The first-order chi connectivity index (χ1) is 11.2. The Morgan fingerprint density at radius 2 is 2.00 bits per heavy atom. The lowest BCUT2D eigenvalue weighted by Gasteiger charge is -2.02. The number of carbonyl (C=O) groups is 1. The molecule has 116 valence electrons. The predicted molar refractivity (Wildman–Crippen MR) is 97.4 cm³/mol. The lowest BCUT2D eigenvalue weighted by molar-refractivity contribution is -0.129. The van der Waals surface area contributed by atoms with Crippen LogP contribution >= 0.6 is 22.6 Å². The van der Waals surface area contributed by atoms with Crippen LogP contribution in [0.25, 0.3) is 6.08 Å². The van der Waals surface area contributed by atoms with E-state index in [1.807, 2.05) is 55.5 Å². The highest BCUT2D eigenvalue weighted by Gasteiger charge is 2.24. The maximum absolute atomic E-state index is 12.0. The molecule has 0 bridgehead atoms.